The average Bonchev–Trinajstić information content (AvgIpc) is 2.52. The molecule has 0 saturated carbocycles. The van der Waals surface area contributed by atoms with E-state index in [-0.39, 0.29) is 23.3 Å². The van der Waals surface area contributed by atoms with Crippen molar-refractivity contribution in [1.29, 1.82) is 0 Å². The second-order valence-corrected chi connectivity index (χ2v) is 6.77. The quantitative estimate of drug-likeness (QED) is 0.778. The highest BCUT2D eigenvalue weighted by Gasteiger charge is 2.08. The van der Waals surface area contributed by atoms with Gasteiger partial charge >= 0.3 is 0 Å². The lowest BCUT2D eigenvalue weighted by Crippen LogP contribution is -2.18. The average molecular weight is 393 g/mol. The van der Waals surface area contributed by atoms with Gasteiger partial charge in [-0.25, -0.2) is 0 Å². The van der Waals surface area contributed by atoms with Crippen molar-refractivity contribution in [2.45, 2.75) is 6.92 Å². The maximum atomic E-state index is 11.9. The Bertz CT molecular complexity index is 689. The van der Waals surface area contributed by atoms with Gasteiger partial charge in [-0.15, -0.1) is 11.8 Å². The van der Waals surface area contributed by atoms with Crippen LogP contribution in [-0.4, -0.2) is 23.3 Å². The molecule has 0 aliphatic carbocycles. The molecule has 2 rings (SSSR count). The summed E-state index contributed by atoms with van der Waals surface area (Å²) in [6.45, 7) is 1.99. The van der Waals surface area contributed by atoms with E-state index in [0.717, 1.165) is 21.4 Å². The van der Waals surface area contributed by atoms with E-state index in [4.69, 9.17) is 0 Å². The molecule has 4 nitrogen and oxygen atoms in total. The van der Waals surface area contributed by atoms with Crippen LogP contribution in [0.3, 0.4) is 0 Å². The molecule has 2 N–H and O–H groups in total. The minimum absolute atomic E-state index is 0.118. The van der Waals surface area contributed by atoms with Crippen molar-refractivity contribution in [2.24, 2.45) is 0 Å². The number of hydrogen-bond donors (Lipinski definition) is 2. The van der Waals surface area contributed by atoms with Crippen molar-refractivity contribution in [3.05, 3.63) is 58.6 Å². The van der Waals surface area contributed by atoms with Gasteiger partial charge in [-0.3, -0.25) is 9.59 Å². The molecule has 0 spiro atoms. The van der Waals surface area contributed by atoms with Crippen molar-refractivity contribution < 1.29 is 9.59 Å². The molecule has 0 fully saturated rings. The third-order valence-electron chi connectivity index (χ3n) is 2.95. The lowest BCUT2D eigenvalue weighted by Gasteiger charge is -2.07. The van der Waals surface area contributed by atoms with Crippen LogP contribution in [0, 0.1) is 6.92 Å². The molecule has 0 aliphatic rings. The summed E-state index contributed by atoms with van der Waals surface area (Å²) >= 11 is 4.65. The van der Waals surface area contributed by atoms with Gasteiger partial charge in [0.05, 0.1) is 17.2 Å². The number of para-hydroxylation sites is 1. The first-order chi connectivity index (χ1) is 11.0. The van der Waals surface area contributed by atoms with Gasteiger partial charge in [0.1, 0.15) is 0 Å². The van der Waals surface area contributed by atoms with Crippen LogP contribution in [0.1, 0.15) is 5.56 Å². The molecule has 0 saturated heterocycles. The van der Waals surface area contributed by atoms with Gasteiger partial charge in [0.25, 0.3) is 0 Å². The van der Waals surface area contributed by atoms with Crippen LogP contribution < -0.4 is 10.6 Å². The molecule has 120 valence electrons. The molecule has 0 radical (unpaired) electrons. The Labute approximate surface area is 148 Å². The summed E-state index contributed by atoms with van der Waals surface area (Å²) in [5.74, 6) is 0.206. The van der Waals surface area contributed by atoms with E-state index in [1.807, 2.05) is 55.5 Å². The summed E-state index contributed by atoms with van der Waals surface area (Å²) in [6, 6.07) is 15.0. The van der Waals surface area contributed by atoms with Crippen molar-refractivity contribution in [1.82, 2.24) is 0 Å². The van der Waals surface area contributed by atoms with E-state index in [1.54, 1.807) is 0 Å². The van der Waals surface area contributed by atoms with E-state index >= 15 is 0 Å². The fourth-order valence-corrected chi connectivity index (χ4v) is 2.82. The van der Waals surface area contributed by atoms with Gasteiger partial charge < -0.3 is 10.6 Å². The zero-order valence-corrected chi connectivity index (χ0v) is 15.0. The number of hydrogen-bond acceptors (Lipinski definition) is 3. The Morgan fingerprint density at radius 2 is 1.57 bits per heavy atom. The van der Waals surface area contributed by atoms with Crippen molar-refractivity contribution in [3.63, 3.8) is 0 Å². The van der Waals surface area contributed by atoms with E-state index in [9.17, 15) is 9.59 Å². The fraction of sp³-hybridized carbons (Fsp3) is 0.176. The van der Waals surface area contributed by atoms with Gasteiger partial charge in [-0.05, 0) is 47.1 Å². The van der Waals surface area contributed by atoms with E-state index in [0.29, 0.717) is 0 Å². The van der Waals surface area contributed by atoms with Crippen LogP contribution in [0.4, 0.5) is 11.4 Å². The van der Waals surface area contributed by atoms with Gasteiger partial charge in [-0.1, -0.05) is 29.8 Å². The molecule has 0 bridgehead atoms. The number of amides is 2. The molecule has 2 aromatic rings. The smallest absolute Gasteiger partial charge is 0.234 e. The molecule has 2 amide bonds. The van der Waals surface area contributed by atoms with Crippen molar-refractivity contribution in [3.8, 4) is 0 Å². The Hall–Kier alpha value is -1.79. The standard InChI is InChI=1S/C17H17BrN2O2S/c1-12-6-8-13(9-7-12)19-16(21)10-23-11-17(22)20-15-5-3-2-4-14(15)18/h2-9H,10-11H2,1H3,(H,19,21)(H,20,22). The first kappa shape index (κ1) is 17.6. The summed E-state index contributed by atoms with van der Waals surface area (Å²) in [7, 11) is 0. The lowest BCUT2D eigenvalue weighted by molar-refractivity contribution is -0.114. The third-order valence-corrected chi connectivity index (χ3v) is 4.57. The first-order valence-electron chi connectivity index (χ1n) is 7.03. The molecule has 6 heteroatoms. The van der Waals surface area contributed by atoms with E-state index < -0.39 is 0 Å². The summed E-state index contributed by atoms with van der Waals surface area (Å²) in [5, 5.41) is 5.60. The number of anilines is 2. The second kappa shape index (κ2) is 8.74. The molecule has 0 heterocycles. The van der Waals surface area contributed by atoms with Crippen LogP contribution in [0.25, 0.3) is 0 Å². The Balaban J connectivity index is 1.72. The van der Waals surface area contributed by atoms with Gasteiger partial charge in [0.2, 0.25) is 11.8 Å². The maximum absolute atomic E-state index is 11.9. The number of carbonyl (C=O) groups excluding carboxylic acids is 2. The highest BCUT2D eigenvalue weighted by Crippen LogP contribution is 2.21. The van der Waals surface area contributed by atoms with Crippen molar-refractivity contribution >= 4 is 50.9 Å². The number of nitrogens with one attached hydrogen (secondary N) is 2. The van der Waals surface area contributed by atoms with E-state index in [2.05, 4.69) is 26.6 Å². The SMILES string of the molecule is Cc1ccc(NC(=O)CSCC(=O)Nc2ccccc2Br)cc1. The number of thioether (sulfide) groups is 1. The molecular weight excluding hydrogens is 376 g/mol. The Morgan fingerprint density at radius 3 is 2.22 bits per heavy atom. The summed E-state index contributed by atoms with van der Waals surface area (Å²) in [5.41, 5.74) is 2.63. The second-order valence-electron chi connectivity index (χ2n) is 4.94. The molecule has 0 aromatic heterocycles. The van der Waals surface area contributed by atoms with Crippen LogP contribution in [0.5, 0.6) is 0 Å². The fourth-order valence-electron chi connectivity index (χ4n) is 1.82. The van der Waals surface area contributed by atoms with Crippen molar-refractivity contribution in [2.75, 3.05) is 22.1 Å². The monoisotopic (exact) mass is 392 g/mol. The number of benzene rings is 2. The zero-order chi connectivity index (χ0) is 16.7. The molecule has 0 atom stereocenters. The number of halogens is 1. The zero-order valence-electron chi connectivity index (χ0n) is 12.6. The summed E-state index contributed by atoms with van der Waals surface area (Å²) in [6.07, 6.45) is 0. The molecule has 23 heavy (non-hydrogen) atoms. The first-order valence-corrected chi connectivity index (χ1v) is 8.98. The predicted molar refractivity (Wildman–Crippen MR) is 99.9 cm³/mol. The number of aryl methyl sites for hydroxylation is 1. The summed E-state index contributed by atoms with van der Waals surface area (Å²) in [4.78, 5) is 23.7. The predicted octanol–water partition coefficient (Wildman–Crippen LogP) is 4.07. The van der Waals surface area contributed by atoms with Crippen LogP contribution in [0.15, 0.2) is 53.0 Å². The minimum Gasteiger partial charge on any atom is -0.325 e. The van der Waals surface area contributed by atoms with Gasteiger partial charge in [0, 0.05) is 10.2 Å². The van der Waals surface area contributed by atoms with E-state index in [1.165, 1.54) is 11.8 Å². The molecular formula is C17H17BrN2O2S. The molecule has 0 unspecified atom stereocenters. The number of rotatable bonds is 6. The highest BCUT2D eigenvalue weighted by atomic mass is 79.9. The maximum Gasteiger partial charge on any atom is 0.234 e. The Morgan fingerprint density at radius 1 is 0.957 bits per heavy atom. The topological polar surface area (TPSA) is 58.2 Å². The normalized spacial score (nSPS) is 10.2. The lowest BCUT2D eigenvalue weighted by atomic mass is 10.2. The molecule has 2 aromatic carbocycles. The number of carbonyl (C=O) groups is 2. The largest absolute Gasteiger partial charge is 0.325 e. The Kier molecular flexibility index (Phi) is 6.67. The van der Waals surface area contributed by atoms with Gasteiger partial charge in [-0.2, -0.15) is 0 Å². The minimum atomic E-state index is -0.134. The highest BCUT2D eigenvalue weighted by molar-refractivity contribution is 9.10. The third kappa shape index (κ3) is 6.08. The van der Waals surface area contributed by atoms with Crippen LogP contribution in [0.2, 0.25) is 0 Å². The summed E-state index contributed by atoms with van der Waals surface area (Å²) < 4.78 is 0.829. The van der Waals surface area contributed by atoms with Crippen LogP contribution >= 0.6 is 27.7 Å². The van der Waals surface area contributed by atoms with Gasteiger partial charge in [0.15, 0.2) is 0 Å². The van der Waals surface area contributed by atoms with Crippen LogP contribution in [-0.2, 0) is 9.59 Å². The molecule has 0 aliphatic heterocycles.